The van der Waals surface area contributed by atoms with Crippen LogP contribution in [0.2, 0.25) is 0 Å². The zero-order valence-electron chi connectivity index (χ0n) is 8.74. The normalized spacial score (nSPS) is 11.6. The molecule has 8 heteroatoms. The summed E-state index contributed by atoms with van der Waals surface area (Å²) in [7, 11) is 0. The number of halogens is 4. The van der Waals surface area contributed by atoms with Crippen LogP contribution >= 0.6 is 0 Å². The van der Waals surface area contributed by atoms with E-state index < -0.39 is 17.8 Å². The van der Waals surface area contributed by atoms with E-state index in [0.29, 0.717) is 6.07 Å². The van der Waals surface area contributed by atoms with E-state index in [4.69, 9.17) is 5.73 Å². The molecule has 0 aliphatic rings. The molecule has 0 amide bonds. The molecule has 94 valence electrons. The molecule has 0 radical (unpaired) electrons. The maximum atomic E-state index is 13.5. The number of alkyl halides is 3. The van der Waals surface area contributed by atoms with Crippen LogP contribution in [0.15, 0.2) is 24.3 Å². The summed E-state index contributed by atoms with van der Waals surface area (Å²) in [5, 5.41) is 7.04. The molecule has 0 fully saturated rings. The molecular weight excluding hydrogens is 252 g/mol. The third kappa shape index (κ3) is 2.36. The van der Waals surface area contributed by atoms with Crippen LogP contribution in [0.1, 0.15) is 5.69 Å². The van der Waals surface area contributed by atoms with Gasteiger partial charge < -0.3 is 5.73 Å². The van der Waals surface area contributed by atoms with E-state index >= 15 is 0 Å². The average molecular weight is 258 g/mol. The Hall–Kier alpha value is -2.25. The van der Waals surface area contributed by atoms with Crippen molar-refractivity contribution in [2.24, 2.45) is 0 Å². The molecule has 18 heavy (non-hydrogen) atoms. The molecule has 0 unspecified atom stereocenters. The van der Waals surface area contributed by atoms with Crippen molar-refractivity contribution in [1.29, 1.82) is 0 Å². The van der Waals surface area contributed by atoms with Gasteiger partial charge in [0.15, 0.2) is 0 Å². The van der Waals surface area contributed by atoms with Crippen molar-refractivity contribution >= 4 is 5.82 Å². The zero-order chi connectivity index (χ0) is 13.3. The van der Waals surface area contributed by atoms with Gasteiger partial charge in [-0.2, -0.15) is 17.6 Å². The van der Waals surface area contributed by atoms with E-state index in [2.05, 4.69) is 15.2 Å². The molecule has 0 atom stereocenters. The Bertz CT molecular complexity index is 565. The fourth-order valence-corrected chi connectivity index (χ4v) is 1.27. The van der Waals surface area contributed by atoms with Gasteiger partial charge in [0, 0.05) is 0 Å². The Kier molecular flexibility index (Phi) is 2.85. The zero-order valence-corrected chi connectivity index (χ0v) is 8.74. The van der Waals surface area contributed by atoms with E-state index in [-0.39, 0.29) is 17.1 Å². The molecule has 0 saturated carbocycles. The van der Waals surface area contributed by atoms with E-state index in [1.807, 2.05) is 0 Å². The van der Waals surface area contributed by atoms with Crippen LogP contribution in [-0.4, -0.2) is 15.2 Å². The smallest absolute Gasteiger partial charge is 0.382 e. The van der Waals surface area contributed by atoms with Crippen LogP contribution in [0.25, 0.3) is 11.3 Å². The highest BCUT2D eigenvalue weighted by atomic mass is 19.4. The molecule has 0 bridgehead atoms. The Labute approximate surface area is 98.5 Å². The number of anilines is 1. The summed E-state index contributed by atoms with van der Waals surface area (Å²) in [6.45, 7) is 0. The standard InChI is InChI=1S/C10H6F4N4/c11-9-5(6-2-4-8(15)18-17-6)1-3-7(16-9)10(12,13)14/h1-4H,(H2,15,18). The number of rotatable bonds is 1. The molecule has 0 spiro atoms. The van der Waals surface area contributed by atoms with Crippen molar-refractivity contribution in [3.05, 3.63) is 35.9 Å². The van der Waals surface area contributed by atoms with Crippen molar-refractivity contribution in [3.8, 4) is 11.3 Å². The highest BCUT2D eigenvalue weighted by Crippen LogP contribution is 2.29. The molecule has 2 N–H and O–H groups in total. The highest BCUT2D eigenvalue weighted by molar-refractivity contribution is 5.59. The molecule has 4 nitrogen and oxygen atoms in total. The first kappa shape index (κ1) is 12.2. The second-order valence-corrected chi connectivity index (χ2v) is 3.38. The minimum Gasteiger partial charge on any atom is -0.382 e. The molecule has 0 aliphatic carbocycles. The maximum absolute atomic E-state index is 13.5. The minimum absolute atomic E-state index is 0.0583. The Balaban J connectivity index is 2.45. The molecule has 2 aromatic heterocycles. The van der Waals surface area contributed by atoms with Crippen molar-refractivity contribution in [2.45, 2.75) is 6.18 Å². The van der Waals surface area contributed by atoms with Gasteiger partial charge in [-0.1, -0.05) is 0 Å². The second kappa shape index (κ2) is 4.21. The summed E-state index contributed by atoms with van der Waals surface area (Å²) in [6, 6.07) is 4.33. The molecule has 0 aromatic carbocycles. The SMILES string of the molecule is Nc1ccc(-c2ccc(C(F)(F)F)nc2F)nn1. The Morgan fingerprint density at radius 1 is 1.00 bits per heavy atom. The highest BCUT2D eigenvalue weighted by Gasteiger charge is 2.33. The summed E-state index contributed by atoms with van der Waals surface area (Å²) in [5.41, 5.74) is 3.88. The lowest BCUT2D eigenvalue weighted by Gasteiger charge is -2.07. The van der Waals surface area contributed by atoms with Gasteiger partial charge >= 0.3 is 6.18 Å². The number of pyridine rings is 1. The minimum atomic E-state index is -4.69. The number of hydrogen-bond acceptors (Lipinski definition) is 4. The van der Waals surface area contributed by atoms with Crippen molar-refractivity contribution < 1.29 is 17.6 Å². The number of hydrogen-bond donors (Lipinski definition) is 1. The predicted molar refractivity (Wildman–Crippen MR) is 54.6 cm³/mol. The lowest BCUT2D eigenvalue weighted by atomic mass is 10.2. The largest absolute Gasteiger partial charge is 0.433 e. The third-order valence-corrected chi connectivity index (χ3v) is 2.10. The van der Waals surface area contributed by atoms with E-state index in [0.717, 1.165) is 6.07 Å². The van der Waals surface area contributed by atoms with E-state index in [9.17, 15) is 17.6 Å². The first-order valence-corrected chi connectivity index (χ1v) is 4.71. The number of nitrogen functional groups attached to an aromatic ring is 1. The quantitative estimate of drug-likeness (QED) is 0.629. The van der Waals surface area contributed by atoms with Gasteiger partial charge in [0.2, 0.25) is 5.95 Å². The van der Waals surface area contributed by atoms with Gasteiger partial charge in [-0.05, 0) is 24.3 Å². The van der Waals surface area contributed by atoms with Crippen LogP contribution in [0.5, 0.6) is 0 Å². The fourth-order valence-electron chi connectivity index (χ4n) is 1.27. The van der Waals surface area contributed by atoms with Crippen LogP contribution in [0.4, 0.5) is 23.4 Å². The van der Waals surface area contributed by atoms with E-state index in [1.165, 1.54) is 12.1 Å². The van der Waals surface area contributed by atoms with Gasteiger partial charge in [-0.25, -0.2) is 4.98 Å². The van der Waals surface area contributed by atoms with Gasteiger partial charge in [-0.3, -0.25) is 0 Å². The molecular formula is C10H6F4N4. The molecule has 2 heterocycles. The average Bonchev–Trinajstić information content (AvgIpc) is 2.29. The lowest BCUT2D eigenvalue weighted by molar-refractivity contribution is -0.141. The van der Waals surface area contributed by atoms with Crippen LogP contribution in [0, 0.1) is 5.95 Å². The number of aromatic nitrogens is 3. The number of nitrogens with zero attached hydrogens (tertiary/aromatic N) is 3. The predicted octanol–water partition coefficient (Wildman–Crippen LogP) is 2.28. The van der Waals surface area contributed by atoms with E-state index in [1.54, 1.807) is 0 Å². The van der Waals surface area contributed by atoms with Gasteiger partial charge in [0.1, 0.15) is 11.5 Å². The maximum Gasteiger partial charge on any atom is 0.433 e. The van der Waals surface area contributed by atoms with Gasteiger partial charge in [-0.15, -0.1) is 10.2 Å². The first-order valence-electron chi connectivity index (χ1n) is 4.71. The topological polar surface area (TPSA) is 64.7 Å². The molecule has 0 saturated heterocycles. The fraction of sp³-hybridized carbons (Fsp3) is 0.100. The Morgan fingerprint density at radius 2 is 1.72 bits per heavy atom. The summed E-state index contributed by atoms with van der Waals surface area (Å²) >= 11 is 0. The van der Waals surface area contributed by atoms with Crippen LogP contribution < -0.4 is 5.73 Å². The molecule has 0 aliphatic heterocycles. The molecule has 2 rings (SSSR count). The molecule has 2 aromatic rings. The lowest BCUT2D eigenvalue weighted by Crippen LogP contribution is -2.09. The van der Waals surface area contributed by atoms with Crippen LogP contribution in [0.3, 0.4) is 0 Å². The monoisotopic (exact) mass is 258 g/mol. The van der Waals surface area contributed by atoms with Crippen molar-refractivity contribution in [3.63, 3.8) is 0 Å². The summed E-state index contributed by atoms with van der Waals surface area (Å²) in [4.78, 5) is 2.85. The summed E-state index contributed by atoms with van der Waals surface area (Å²) in [5.74, 6) is -1.14. The van der Waals surface area contributed by atoms with Crippen LogP contribution in [-0.2, 0) is 6.18 Å². The summed E-state index contributed by atoms with van der Waals surface area (Å²) < 4.78 is 50.3. The third-order valence-electron chi connectivity index (χ3n) is 2.10. The van der Waals surface area contributed by atoms with Gasteiger partial charge in [0.05, 0.1) is 11.3 Å². The second-order valence-electron chi connectivity index (χ2n) is 3.38. The van der Waals surface area contributed by atoms with Crippen molar-refractivity contribution in [1.82, 2.24) is 15.2 Å². The Morgan fingerprint density at radius 3 is 2.22 bits per heavy atom. The number of nitrogens with two attached hydrogens (primary N) is 1. The first-order chi connectivity index (χ1) is 8.38. The van der Waals surface area contributed by atoms with Crippen molar-refractivity contribution in [2.75, 3.05) is 5.73 Å². The summed E-state index contributed by atoms with van der Waals surface area (Å²) in [6.07, 6.45) is -4.69. The van der Waals surface area contributed by atoms with Gasteiger partial charge in [0.25, 0.3) is 0 Å².